The topological polar surface area (TPSA) is 41.1 Å². The summed E-state index contributed by atoms with van der Waals surface area (Å²) < 4.78 is 0.787. The first-order valence-corrected chi connectivity index (χ1v) is 7.93. The van der Waals surface area contributed by atoms with Crippen LogP contribution >= 0.6 is 27.5 Å². The lowest BCUT2D eigenvalue weighted by Crippen LogP contribution is -2.14. The van der Waals surface area contributed by atoms with E-state index in [1.807, 2.05) is 18.2 Å². The maximum atomic E-state index is 12.3. The highest BCUT2D eigenvalue weighted by atomic mass is 79.9. The van der Waals surface area contributed by atoms with Gasteiger partial charge >= 0.3 is 0 Å². The van der Waals surface area contributed by atoms with Crippen LogP contribution in [0, 0.1) is 0 Å². The molecule has 1 heterocycles. The number of benzene rings is 2. The van der Waals surface area contributed by atoms with E-state index in [2.05, 4.69) is 26.6 Å². The molecule has 0 saturated carbocycles. The third-order valence-corrected chi connectivity index (χ3v) is 4.10. The predicted molar refractivity (Wildman–Crippen MR) is 90.4 cm³/mol. The molecule has 0 spiro atoms. The number of carbonyl (C=O) groups excluding carboxylic acids is 1. The highest BCUT2D eigenvalue weighted by Gasteiger charge is 2.12. The van der Waals surface area contributed by atoms with Crippen molar-refractivity contribution in [2.45, 2.75) is 12.8 Å². The van der Waals surface area contributed by atoms with Gasteiger partial charge in [0.05, 0.1) is 0 Å². The molecule has 0 atom stereocenters. The summed E-state index contributed by atoms with van der Waals surface area (Å²) in [4.78, 5) is 12.3. The predicted octanol–water partition coefficient (Wildman–Crippen LogP) is 4.71. The van der Waals surface area contributed by atoms with Gasteiger partial charge in [-0.3, -0.25) is 4.79 Å². The van der Waals surface area contributed by atoms with Crippen LogP contribution in [0.1, 0.15) is 22.3 Å². The number of anilines is 2. The van der Waals surface area contributed by atoms with Gasteiger partial charge in [0.15, 0.2) is 0 Å². The molecule has 3 rings (SSSR count). The van der Waals surface area contributed by atoms with E-state index in [-0.39, 0.29) is 5.91 Å². The zero-order valence-electron chi connectivity index (χ0n) is 11.2. The van der Waals surface area contributed by atoms with E-state index >= 15 is 0 Å². The van der Waals surface area contributed by atoms with E-state index < -0.39 is 0 Å². The molecule has 2 aromatic carbocycles. The van der Waals surface area contributed by atoms with Gasteiger partial charge < -0.3 is 10.6 Å². The van der Waals surface area contributed by atoms with E-state index in [1.165, 1.54) is 5.56 Å². The number of hydrogen-bond donors (Lipinski definition) is 2. The minimum Gasteiger partial charge on any atom is -0.385 e. The van der Waals surface area contributed by atoms with Gasteiger partial charge in [0.2, 0.25) is 0 Å². The zero-order chi connectivity index (χ0) is 14.8. The highest BCUT2D eigenvalue weighted by molar-refractivity contribution is 9.10. The molecule has 2 N–H and O–H groups in total. The Kier molecular flexibility index (Phi) is 4.17. The fourth-order valence-corrected chi connectivity index (χ4v) is 3.30. The minimum atomic E-state index is -0.165. The molecule has 0 saturated heterocycles. The molecule has 5 heteroatoms. The molecule has 21 heavy (non-hydrogen) atoms. The van der Waals surface area contributed by atoms with Gasteiger partial charge in [0, 0.05) is 33.0 Å². The largest absolute Gasteiger partial charge is 0.385 e. The Morgan fingerprint density at radius 3 is 2.90 bits per heavy atom. The molecule has 2 aromatic rings. The summed E-state index contributed by atoms with van der Waals surface area (Å²) in [5, 5.41) is 6.80. The van der Waals surface area contributed by atoms with E-state index in [1.54, 1.807) is 18.2 Å². The molecular weight excluding hydrogens is 352 g/mol. The number of fused-ring (bicyclic) bond motifs is 1. The Labute approximate surface area is 136 Å². The van der Waals surface area contributed by atoms with E-state index in [4.69, 9.17) is 11.6 Å². The van der Waals surface area contributed by atoms with E-state index in [0.29, 0.717) is 10.6 Å². The lowest BCUT2D eigenvalue weighted by Gasteiger charge is -2.18. The second-order valence-electron chi connectivity index (χ2n) is 5.01. The number of halogens is 2. The Morgan fingerprint density at radius 1 is 1.24 bits per heavy atom. The van der Waals surface area contributed by atoms with Gasteiger partial charge in [-0.25, -0.2) is 0 Å². The number of carbonyl (C=O) groups is 1. The molecule has 1 aliphatic rings. The lowest BCUT2D eigenvalue weighted by molar-refractivity contribution is 0.102. The van der Waals surface area contributed by atoms with Crippen molar-refractivity contribution in [1.29, 1.82) is 0 Å². The minimum absolute atomic E-state index is 0.165. The van der Waals surface area contributed by atoms with Crippen LogP contribution < -0.4 is 10.6 Å². The van der Waals surface area contributed by atoms with Gasteiger partial charge in [0.1, 0.15) is 0 Å². The first-order chi connectivity index (χ1) is 10.1. The molecule has 0 aliphatic carbocycles. The van der Waals surface area contributed by atoms with Crippen molar-refractivity contribution < 1.29 is 4.79 Å². The van der Waals surface area contributed by atoms with Gasteiger partial charge in [-0.1, -0.05) is 27.5 Å². The third kappa shape index (κ3) is 3.39. The average Bonchev–Trinajstić information content (AvgIpc) is 2.46. The van der Waals surface area contributed by atoms with Gasteiger partial charge in [-0.15, -0.1) is 0 Å². The van der Waals surface area contributed by atoms with Gasteiger partial charge in [-0.2, -0.15) is 0 Å². The molecule has 0 aromatic heterocycles. The maximum Gasteiger partial charge on any atom is 0.255 e. The highest BCUT2D eigenvalue weighted by Crippen LogP contribution is 2.26. The van der Waals surface area contributed by atoms with Crippen molar-refractivity contribution in [3.63, 3.8) is 0 Å². The number of aryl methyl sites for hydroxylation is 1. The second-order valence-corrected chi connectivity index (χ2v) is 6.37. The van der Waals surface area contributed by atoms with Crippen LogP contribution in [0.5, 0.6) is 0 Å². The Balaban J connectivity index is 1.81. The summed E-state index contributed by atoms with van der Waals surface area (Å²) in [6.45, 7) is 1.01. The number of hydrogen-bond acceptors (Lipinski definition) is 2. The first-order valence-electron chi connectivity index (χ1n) is 6.76. The van der Waals surface area contributed by atoms with Crippen LogP contribution in [-0.2, 0) is 6.42 Å². The third-order valence-electron chi connectivity index (χ3n) is 3.43. The summed E-state index contributed by atoms with van der Waals surface area (Å²) in [7, 11) is 0. The Morgan fingerprint density at radius 2 is 2.10 bits per heavy atom. The summed E-state index contributed by atoms with van der Waals surface area (Å²) in [6, 6.07) is 11.1. The molecule has 1 aliphatic heterocycles. The fraction of sp³-hybridized carbons (Fsp3) is 0.188. The quantitative estimate of drug-likeness (QED) is 0.809. The van der Waals surface area contributed by atoms with Crippen LogP contribution in [-0.4, -0.2) is 12.5 Å². The molecule has 108 valence electrons. The molecule has 0 bridgehead atoms. The average molecular weight is 366 g/mol. The zero-order valence-corrected chi connectivity index (χ0v) is 13.6. The van der Waals surface area contributed by atoms with Crippen molar-refractivity contribution in [3.05, 3.63) is 57.0 Å². The van der Waals surface area contributed by atoms with Gasteiger partial charge in [-0.05, 0) is 54.8 Å². The number of amides is 1. The van der Waals surface area contributed by atoms with E-state index in [9.17, 15) is 4.79 Å². The molecule has 1 amide bonds. The normalized spacial score (nSPS) is 13.2. The fourth-order valence-electron chi connectivity index (χ4n) is 2.44. The van der Waals surface area contributed by atoms with Gasteiger partial charge in [0.25, 0.3) is 5.91 Å². The monoisotopic (exact) mass is 364 g/mol. The second kappa shape index (κ2) is 6.08. The molecular formula is C16H14BrClN2O. The van der Waals surface area contributed by atoms with Crippen LogP contribution in [0.3, 0.4) is 0 Å². The summed E-state index contributed by atoms with van der Waals surface area (Å²) >= 11 is 9.32. The van der Waals surface area contributed by atoms with Crippen LogP contribution in [0.4, 0.5) is 11.4 Å². The summed E-state index contributed by atoms with van der Waals surface area (Å²) in [6.07, 6.45) is 2.15. The molecule has 0 fully saturated rings. The molecule has 0 unspecified atom stereocenters. The van der Waals surface area contributed by atoms with Crippen LogP contribution in [0.15, 0.2) is 40.9 Å². The molecule has 0 radical (unpaired) electrons. The smallest absolute Gasteiger partial charge is 0.255 e. The lowest BCUT2D eigenvalue weighted by atomic mass is 10.0. The summed E-state index contributed by atoms with van der Waals surface area (Å²) in [5.41, 5.74) is 3.74. The van der Waals surface area contributed by atoms with Crippen molar-refractivity contribution in [2.24, 2.45) is 0 Å². The van der Waals surface area contributed by atoms with Crippen molar-refractivity contribution >= 4 is 44.8 Å². The van der Waals surface area contributed by atoms with Crippen molar-refractivity contribution in [1.82, 2.24) is 0 Å². The van der Waals surface area contributed by atoms with Crippen LogP contribution in [0.25, 0.3) is 0 Å². The van der Waals surface area contributed by atoms with Crippen LogP contribution in [0.2, 0.25) is 5.02 Å². The molecule has 3 nitrogen and oxygen atoms in total. The van der Waals surface area contributed by atoms with E-state index in [0.717, 1.165) is 35.2 Å². The number of rotatable bonds is 2. The SMILES string of the molecule is O=C(Nc1ccc2c(c1)CCCN2)c1cc(Cl)cc(Br)c1. The number of nitrogens with one attached hydrogen (secondary N) is 2. The summed E-state index contributed by atoms with van der Waals surface area (Å²) in [5.74, 6) is -0.165. The standard InChI is InChI=1S/C16H14BrClN2O/c17-12-6-11(7-13(18)9-12)16(21)20-14-3-4-15-10(8-14)2-1-5-19-15/h3-4,6-9,19H,1-2,5H2,(H,20,21). The maximum absolute atomic E-state index is 12.3. The Bertz CT molecular complexity index is 682. The van der Waals surface area contributed by atoms with Crippen molar-refractivity contribution in [3.8, 4) is 0 Å². The first kappa shape index (κ1) is 14.4. The Hall–Kier alpha value is -1.52. The van der Waals surface area contributed by atoms with Crippen molar-refractivity contribution in [2.75, 3.05) is 17.2 Å².